The van der Waals surface area contributed by atoms with Crippen LogP contribution in [0.2, 0.25) is 5.02 Å². The minimum absolute atomic E-state index is 0. The van der Waals surface area contributed by atoms with Crippen LogP contribution in [0.3, 0.4) is 0 Å². The van der Waals surface area contributed by atoms with Crippen LogP contribution in [0.5, 0.6) is 0 Å². The summed E-state index contributed by atoms with van der Waals surface area (Å²) >= 11 is 5.95. The number of halogens is 2. The molecule has 4 heteroatoms. The van der Waals surface area contributed by atoms with Crippen molar-refractivity contribution in [3.63, 3.8) is 0 Å². The van der Waals surface area contributed by atoms with Crippen molar-refractivity contribution in [1.82, 2.24) is 5.32 Å². The zero-order valence-electron chi connectivity index (χ0n) is 10.4. The second kappa shape index (κ2) is 6.83. The third-order valence-electron chi connectivity index (χ3n) is 2.46. The average Bonchev–Trinajstić information content (AvgIpc) is 2.75. The summed E-state index contributed by atoms with van der Waals surface area (Å²) in [4.78, 5) is 0. The van der Waals surface area contributed by atoms with Gasteiger partial charge in [0.25, 0.3) is 0 Å². The fourth-order valence-corrected chi connectivity index (χ4v) is 1.76. The minimum atomic E-state index is 0. The quantitative estimate of drug-likeness (QED) is 0.894. The van der Waals surface area contributed by atoms with Crippen molar-refractivity contribution >= 4 is 24.0 Å². The highest BCUT2D eigenvalue weighted by atomic mass is 35.5. The fourth-order valence-electron chi connectivity index (χ4n) is 1.57. The zero-order chi connectivity index (χ0) is 12.3. The Balaban J connectivity index is 0.00000162. The molecule has 0 atom stereocenters. The summed E-state index contributed by atoms with van der Waals surface area (Å²) in [5.41, 5.74) is 1.01. The molecule has 0 bridgehead atoms. The number of rotatable bonds is 4. The Labute approximate surface area is 119 Å². The molecule has 2 rings (SSSR count). The van der Waals surface area contributed by atoms with E-state index in [1.165, 1.54) is 0 Å². The standard InChI is InChI=1S/C14H16ClNO.ClH/c1-10(2)16-9-13-6-7-14(17-13)11-4-3-5-12(15)8-11;/h3-8,10,16H,9H2,1-2H3;1H. The van der Waals surface area contributed by atoms with Gasteiger partial charge in [0, 0.05) is 16.6 Å². The van der Waals surface area contributed by atoms with Gasteiger partial charge in [-0.2, -0.15) is 0 Å². The first-order valence-electron chi connectivity index (χ1n) is 5.73. The van der Waals surface area contributed by atoms with Crippen LogP contribution < -0.4 is 5.32 Å². The van der Waals surface area contributed by atoms with Crippen molar-refractivity contribution in [3.8, 4) is 11.3 Å². The van der Waals surface area contributed by atoms with Gasteiger partial charge in [-0.05, 0) is 24.3 Å². The van der Waals surface area contributed by atoms with Gasteiger partial charge in [-0.15, -0.1) is 12.4 Å². The molecule has 1 heterocycles. The Morgan fingerprint density at radius 3 is 2.67 bits per heavy atom. The molecule has 0 saturated heterocycles. The van der Waals surface area contributed by atoms with Gasteiger partial charge < -0.3 is 9.73 Å². The van der Waals surface area contributed by atoms with Gasteiger partial charge in [-0.1, -0.05) is 37.6 Å². The van der Waals surface area contributed by atoms with Gasteiger partial charge >= 0.3 is 0 Å². The minimum Gasteiger partial charge on any atom is -0.460 e. The molecule has 2 nitrogen and oxygen atoms in total. The smallest absolute Gasteiger partial charge is 0.134 e. The first kappa shape index (κ1) is 15.1. The Morgan fingerprint density at radius 1 is 1.22 bits per heavy atom. The second-order valence-corrected chi connectivity index (χ2v) is 4.75. The van der Waals surface area contributed by atoms with Gasteiger partial charge in [-0.25, -0.2) is 0 Å². The maximum absolute atomic E-state index is 5.95. The van der Waals surface area contributed by atoms with Crippen molar-refractivity contribution in [2.45, 2.75) is 26.4 Å². The second-order valence-electron chi connectivity index (χ2n) is 4.31. The lowest BCUT2D eigenvalue weighted by Gasteiger charge is -2.05. The predicted octanol–water partition coefficient (Wildman–Crippen LogP) is 4.52. The molecule has 2 aromatic rings. The molecule has 98 valence electrons. The summed E-state index contributed by atoms with van der Waals surface area (Å²) in [7, 11) is 0. The largest absolute Gasteiger partial charge is 0.460 e. The summed E-state index contributed by atoms with van der Waals surface area (Å²) in [6.45, 7) is 4.97. The number of hydrogen-bond acceptors (Lipinski definition) is 2. The first-order chi connectivity index (χ1) is 8.15. The normalized spacial score (nSPS) is 10.4. The SMILES string of the molecule is CC(C)NCc1ccc(-c2cccc(Cl)c2)o1.Cl. The predicted molar refractivity (Wildman–Crippen MR) is 78.4 cm³/mol. The van der Waals surface area contributed by atoms with Gasteiger partial charge in [0.1, 0.15) is 11.5 Å². The van der Waals surface area contributed by atoms with Crippen molar-refractivity contribution in [2.75, 3.05) is 0 Å². The van der Waals surface area contributed by atoms with Crippen LogP contribution in [-0.2, 0) is 6.54 Å². The summed E-state index contributed by atoms with van der Waals surface area (Å²) in [6.07, 6.45) is 0. The van der Waals surface area contributed by atoms with Crippen LogP contribution in [0.4, 0.5) is 0 Å². The average molecular weight is 286 g/mol. The van der Waals surface area contributed by atoms with Crippen LogP contribution >= 0.6 is 24.0 Å². The lowest BCUT2D eigenvalue weighted by atomic mass is 10.2. The molecule has 0 spiro atoms. The van der Waals surface area contributed by atoms with Gasteiger partial charge in [-0.3, -0.25) is 0 Å². The lowest BCUT2D eigenvalue weighted by molar-refractivity contribution is 0.473. The molecule has 18 heavy (non-hydrogen) atoms. The monoisotopic (exact) mass is 285 g/mol. The van der Waals surface area contributed by atoms with E-state index >= 15 is 0 Å². The topological polar surface area (TPSA) is 25.2 Å². The van der Waals surface area contributed by atoms with Gasteiger partial charge in [0.15, 0.2) is 0 Å². The number of furan rings is 1. The molecule has 0 saturated carbocycles. The fraction of sp³-hybridized carbons (Fsp3) is 0.286. The molecule has 0 unspecified atom stereocenters. The summed E-state index contributed by atoms with van der Waals surface area (Å²) in [5.74, 6) is 1.79. The van der Waals surface area contributed by atoms with E-state index in [1.54, 1.807) is 0 Å². The Hall–Kier alpha value is -0.960. The molecule has 0 fully saturated rings. The van der Waals surface area contributed by atoms with E-state index in [1.807, 2.05) is 36.4 Å². The summed E-state index contributed by atoms with van der Waals surface area (Å²) < 4.78 is 5.75. The van der Waals surface area contributed by atoms with Crippen LogP contribution in [0.1, 0.15) is 19.6 Å². The number of nitrogens with one attached hydrogen (secondary N) is 1. The van der Waals surface area contributed by atoms with Crippen molar-refractivity contribution in [1.29, 1.82) is 0 Å². The molecule has 1 aromatic heterocycles. The van der Waals surface area contributed by atoms with Gasteiger partial charge in [0.2, 0.25) is 0 Å². The highest BCUT2D eigenvalue weighted by Gasteiger charge is 2.05. The van der Waals surface area contributed by atoms with E-state index in [0.717, 1.165) is 28.7 Å². The first-order valence-corrected chi connectivity index (χ1v) is 6.11. The van der Waals surface area contributed by atoms with E-state index in [0.29, 0.717) is 6.04 Å². The Kier molecular flexibility index (Phi) is 5.73. The number of hydrogen-bond donors (Lipinski definition) is 1. The van der Waals surface area contributed by atoms with Crippen LogP contribution in [0, 0.1) is 0 Å². The van der Waals surface area contributed by atoms with E-state index in [4.69, 9.17) is 16.0 Å². The zero-order valence-corrected chi connectivity index (χ0v) is 12.0. The van der Waals surface area contributed by atoms with Crippen LogP contribution in [-0.4, -0.2) is 6.04 Å². The van der Waals surface area contributed by atoms with Crippen molar-refractivity contribution in [2.24, 2.45) is 0 Å². The molecule has 0 amide bonds. The maximum atomic E-state index is 5.95. The molecular weight excluding hydrogens is 269 g/mol. The van der Waals surface area contributed by atoms with E-state index < -0.39 is 0 Å². The third-order valence-corrected chi connectivity index (χ3v) is 2.69. The Bertz CT molecular complexity index is 494. The molecule has 0 radical (unpaired) electrons. The number of benzene rings is 1. The molecule has 0 aliphatic heterocycles. The van der Waals surface area contributed by atoms with Crippen molar-refractivity contribution < 1.29 is 4.42 Å². The van der Waals surface area contributed by atoms with Crippen molar-refractivity contribution in [3.05, 3.63) is 47.2 Å². The summed E-state index contributed by atoms with van der Waals surface area (Å²) in [5, 5.41) is 4.04. The molecule has 0 aliphatic carbocycles. The van der Waals surface area contributed by atoms with E-state index in [-0.39, 0.29) is 12.4 Å². The van der Waals surface area contributed by atoms with E-state index in [9.17, 15) is 0 Å². The third kappa shape index (κ3) is 4.05. The molecule has 0 aliphatic rings. The highest BCUT2D eigenvalue weighted by Crippen LogP contribution is 2.24. The Morgan fingerprint density at radius 2 is 2.00 bits per heavy atom. The van der Waals surface area contributed by atoms with E-state index in [2.05, 4.69) is 19.2 Å². The maximum Gasteiger partial charge on any atom is 0.134 e. The molecular formula is C14H17Cl2NO. The summed E-state index contributed by atoms with van der Waals surface area (Å²) in [6, 6.07) is 12.1. The van der Waals surface area contributed by atoms with Gasteiger partial charge in [0.05, 0.1) is 6.54 Å². The molecule has 1 aromatic carbocycles. The molecule has 1 N–H and O–H groups in total. The van der Waals surface area contributed by atoms with Crippen LogP contribution in [0.25, 0.3) is 11.3 Å². The highest BCUT2D eigenvalue weighted by molar-refractivity contribution is 6.30. The lowest BCUT2D eigenvalue weighted by Crippen LogP contribution is -2.21. The van der Waals surface area contributed by atoms with Crippen LogP contribution in [0.15, 0.2) is 40.8 Å².